The lowest BCUT2D eigenvalue weighted by atomic mass is 9.91. The molecule has 1 aromatic rings. The van der Waals surface area contributed by atoms with Crippen molar-refractivity contribution in [3.63, 3.8) is 0 Å². The van der Waals surface area contributed by atoms with Crippen LogP contribution in [0.4, 0.5) is 5.69 Å². The van der Waals surface area contributed by atoms with Gasteiger partial charge in [0.25, 0.3) is 0 Å². The predicted octanol–water partition coefficient (Wildman–Crippen LogP) is 4.43. The maximum absolute atomic E-state index is 6.00. The third-order valence-corrected chi connectivity index (χ3v) is 4.35. The van der Waals surface area contributed by atoms with Gasteiger partial charge in [-0.05, 0) is 44.0 Å². The zero-order chi connectivity index (χ0) is 16.2. The summed E-state index contributed by atoms with van der Waals surface area (Å²) < 4.78 is 5.47. The Bertz CT molecular complexity index is 670. The first-order chi connectivity index (χ1) is 11.2. The molecule has 2 aliphatic rings. The van der Waals surface area contributed by atoms with E-state index in [2.05, 4.69) is 11.6 Å². The number of hydrogen-bond donors (Lipinski definition) is 0. The molecule has 0 bridgehead atoms. The van der Waals surface area contributed by atoms with Crippen molar-refractivity contribution in [2.24, 2.45) is 16.0 Å². The molecule has 0 spiro atoms. The normalized spacial score (nSPS) is 22.7. The zero-order valence-electron chi connectivity index (χ0n) is 13.2. The van der Waals surface area contributed by atoms with Crippen LogP contribution in [0.1, 0.15) is 19.8 Å². The van der Waals surface area contributed by atoms with Gasteiger partial charge in [-0.15, -0.1) is 0 Å². The molecule has 0 aliphatic carbocycles. The molecule has 0 radical (unpaired) electrons. The van der Waals surface area contributed by atoms with E-state index >= 15 is 0 Å². The SMILES string of the molecule is C=CN=C1C(C2CCOCC2)=NN(c2ccc(Cl)cc2)/C1=C/C. The summed E-state index contributed by atoms with van der Waals surface area (Å²) in [5.41, 5.74) is 3.88. The van der Waals surface area contributed by atoms with Crippen molar-refractivity contribution in [2.75, 3.05) is 18.2 Å². The number of ether oxygens (including phenoxy) is 1. The average Bonchev–Trinajstić information content (AvgIpc) is 2.95. The van der Waals surface area contributed by atoms with Gasteiger partial charge in [-0.3, -0.25) is 4.99 Å². The van der Waals surface area contributed by atoms with Crippen molar-refractivity contribution in [1.82, 2.24) is 0 Å². The molecule has 0 saturated carbocycles. The summed E-state index contributed by atoms with van der Waals surface area (Å²) in [6.45, 7) is 7.30. The van der Waals surface area contributed by atoms with Crippen LogP contribution in [0, 0.1) is 5.92 Å². The fraction of sp³-hybridized carbons (Fsp3) is 0.333. The second-order valence-electron chi connectivity index (χ2n) is 5.49. The second kappa shape index (κ2) is 7.11. The minimum Gasteiger partial charge on any atom is -0.381 e. The lowest BCUT2D eigenvalue weighted by Gasteiger charge is -2.21. The molecule has 23 heavy (non-hydrogen) atoms. The third kappa shape index (κ3) is 3.23. The number of benzene rings is 1. The number of hydrazone groups is 1. The van der Waals surface area contributed by atoms with Crippen molar-refractivity contribution >= 4 is 28.7 Å². The highest BCUT2D eigenvalue weighted by Gasteiger charge is 2.34. The number of halogens is 1. The number of nitrogens with zero attached hydrogens (tertiary/aromatic N) is 3. The molecule has 4 nitrogen and oxygen atoms in total. The van der Waals surface area contributed by atoms with Gasteiger partial charge in [0.1, 0.15) is 5.71 Å². The Hall–Kier alpha value is -1.91. The number of allylic oxidation sites excluding steroid dienone is 2. The van der Waals surface area contributed by atoms with Crippen molar-refractivity contribution in [2.45, 2.75) is 19.8 Å². The van der Waals surface area contributed by atoms with E-state index in [9.17, 15) is 0 Å². The van der Waals surface area contributed by atoms with Crippen molar-refractivity contribution in [1.29, 1.82) is 0 Å². The second-order valence-corrected chi connectivity index (χ2v) is 5.93. The van der Waals surface area contributed by atoms with Gasteiger partial charge in [0.05, 0.1) is 17.1 Å². The Balaban J connectivity index is 2.01. The summed E-state index contributed by atoms with van der Waals surface area (Å²) >= 11 is 6.00. The fourth-order valence-corrected chi connectivity index (χ4v) is 3.07. The first-order valence-electron chi connectivity index (χ1n) is 7.82. The Morgan fingerprint density at radius 2 is 2.00 bits per heavy atom. The lowest BCUT2D eigenvalue weighted by Crippen LogP contribution is -2.27. The Morgan fingerprint density at radius 3 is 2.61 bits per heavy atom. The molecule has 2 aliphatic heterocycles. The van der Waals surface area contributed by atoms with E-state index in [1.54, 1.807) is 6.20 Å². The molecule has 2 heterocycles. The molecule has 0 atom stereocenters. The summed E-state index contributed by atoms with van der Waals surface area (Å²) in [5, 5.41) is 7.51. The van der Waals surface area contributed by atoms with Crippen LogP contribution in [0.15, 0.2) is 58.9 Å². The summed E-state index contributed by atoms with van der Waals surface area (Å²) in [6.07, 6.45) is 5.56. The van der Waals surface area contributed by atoms with E-state index < -0.39 is 0 Å². The highest BCUT2D eigenvalue weighted by molar-refractivity contribution is 6.51. The van der Waals surface area contributed by atoms with Crippen LogP contribution in [0.2, 0.25) is 5.02 Å². The van der Waals surface area contributed by atoms with E-state index in [0.29, 0.717) is 10.9 Å². The Labute approximate surface area is 141 Å². The predicted molar refractivity (Wildman–Crippen MR) is 96.3 cm³/mol. The zero-order valence-corrected chi connectivity index (χ0v) is 14.0. The van der Waals surface area contributed by atoms with Crippen LogP contribution in [-0.2, 0) is 4.74 Å². The first-order valence-corrected chi connectivity index (χ1v) is 8.20. The first kappa shape index (κ1) is 16.0. The standard InChI is InChI=1S/C18H20ClN3O/c1-3-16-18(20-4-2)17(13-9-11-23-12-10-13)21-22(16)15-7-5-14(19)6-8-15/h3-8,13H,2,9-12H2,1H3/b16-3+,20-18?. The van der Waals surface area contributed by atoms with Crippen LogP contribution in [-0.4, -0.2) is 24.6 Å². The van der Waals surface area contributed by atoms with Gasteiger partial charge in [-0.2, -0.15) is 5.10 Å². The van der Waals surface area contributed by atoms with Crippen LogP contribution >= 0.6 is 11.6 Å². The summed E-state index contributed by atoms with van der Waals surface area (Å²) in [5.74, 6) is 0.370. The van der Waals surface area contributed by atoms with Crippen LogP contribution in [0.25, 0.3) is 0 Å². The number of anilines is 1. The average molecular weight is 330 g/mol. The van der Waals surface area contributed by atoms with Crippen LogP contribution in [0.3, 0.4) is 0 Å². The lowest BCUT2D eigenvalue weighted by molar-refractivity contribution is 0.0832. The van der Waals surface area contributed by atoms with Gasteiger partial charge in [0.15, 0.2) is 0 Å². The molecule has 3 rings (SSSR count). The van der Waals surface area contributed by atoms with Crippen molar-refractivity contribution in [3.8, 4) is 0 Å². The number of rotatable bonds is 3. The molecule has 5 heteroatoms. The van der Waals surface area contributed by atoms with Crippen LogP contribution in [0.5, 0.6) is 0 Å². The smallest absolute Gasteiger partial charge is 0.112 e. The summed E-state index contributed by atoms with van der Waals surface area (Å²) in [7, 11) is 0. The molecule has 1 aromatic carbocycles. The Kier molecular flexibility index (Phi) is 4.94. The molecule has 0 N–H and O–H groups in total. The molecule has 0 amide bonds. The van der Waals surface area contributed by atoms with E-state index in [-0.39, 0.29) is 0 Å². The fourth-order valence-electron chi connectivity index (χ4n) is 2.95. The quantitative estimate of drug-likeness (QED) is 0.822. The van der Waals surface area contributed by atoms with E-state index in [0.717, 1.165) is 48.9 Å². The summed E-state index contributed by atoms with van der Waals surface area (Å²) in [4.78, 5) is 4.50. The maximum atomic E-state index is 6.00. The minimum absolute atomic E-state index is 0.370. The highest BCUT2D eigenvalue weighted by Crippen LogP contribution is 2.31. The largest absolute Gasteiger partial charge is 0.381 e. The molecule has 0 unspecified atom stereocenters. The van der Waals surface area contributed by atoms with Gasteiger partial charge in [0.2, 0.25) is 0 Å². The molecular formula is C18H20ClN3O. The maximum Gasteiger partial charge on any atom is 0.112 e. The van der Waals surface area contributed by atoms with Gasteiger partial charge < -0.3 is 4.74 Å². The minimum atomic E-state index is 0.370. The molecule has 0 aromatic heterocycles. The monoisotopic (exact) mass is 329 g/mol. The van der Waals surface area contributed by atoms with Gasteiger partial charge >= 0.3 is 0 Å². The van der Waals surface area contributed by atoms with E-state index in [1.807, 2.05) is 42.3 Å². The van der Waals surface area contributed by atoms with Gasteiger partial charge in [-0.1, -0.05) is 24.3 Å². The highest BCUT2D eigenvalue weighted by atomic mass is 35.5. The van der Waals surface area contributed by atoms with Crippen molar-refractivity contribution < 1.29 is 4.74 Å². The Morgan fingerprint density at radius 1 is 1.30 bits per heavy atom. The topological polar surface area (TPSA) is 37.2 Å². The molecule has 1 saturated heterocycles. The number of hydrogen-bond acceptors (Lipinski definition) is 4. The number of aliphatic imine (C=N–C) groups is 1. The molecular weight excluding hydrogens is 310 g/mol. The van der Waals surface area contributed by atoms with Crippen LogP contribution < -0.4 is 5.01 Å². The summed E-state index contributed by atoms with van der Waals surface area (Å²) in [6, 6.07) is 7.68. The van der Waals surface area contributed by atoms with Crippen molar-refractivity contribution in [3.05, 3.63) is 53.8 Å². The van der Waals surface area contributed by atoms with Gasteiger partial charge in [-0.25, -0.2) is 5.01 Å². The molecule has 1 fully saturated rings. The van der Waals surface area contributed by atoms with Gasteiger partial charge in [0, 0.05) is 30.4 Å². The third-order valence-electron chi connectivity index (χ3n) is 4.09. The molecule has 120 valence electrons. The van der Waals surface area contributed by atoms with E-state index in [4.69, 9.17) is 21.4 Å². The van der Waals surface area contributed by atoms with E-state index in [1.165, 1.54) is 0 Å².